The lowest BCUT2D eigenvalue weighted by atomic mass is 10.5. The third kappa shape index (κ3) is 3.73. The number of aliphatic hydroxyl groups excluding tert-OH is 1. The molecule has 1 N–H and O–H groups in total. The van der Waals surface area contributed by atoms with Crippen LogP contribution in [-0.2, 0) is 6.54 Å². The molecule has 0 bridgehead atoms. The Morgan fingerprint density at radius 2 is 2.00 bits per heavy atom. The summed E-state index contributed by atoms with van der Waals surface area (Å²) in [6.45, 7) is 1.24. The van der Waals surface area contributed by atoms with E-state index >= 15 is 0 Å². The summed E-state index contributed by atoms with van der Waals surface area (Å²) in [5, 5.41) is 15.9. The second-order valence-corrected chi connectivity index (χ2v) is 3.61. The van der Waals surface area contributed by atoms with Crippen molar-refractivity contribution in [1.29, 1.82) is 0 Å². The summed E-state index contributed by atoms with van der Waals surface area (Å²) >= 11 is 1.84. The van der Waals surface area contributed by atoms with Crippen LogP contribution in [0, 0.1) is 0 Å². The molecule has 1 heterocycles. The minimum Gasteiger partial charge on any atom is -0.396 e. The first-order valence-corrected chi connectivity index (χ1v) is 5.10. The van der Waals surface area contributed by atoms with Gasteiger partial charge in [0.05, 0.1) is 0 Å². The maximum atomic E-state index is 8.51. The van der Waals surface area contributed by atoms with Gasteiger partial charge in [-0.1, -0.05) is 0 Å². The van der Waals surface area contributed by atoms with Gasteiger partial charge in [0.2, 0.25) is 0 Å². The minimum atomic E-state index is 0.291. The van der Waals surface area contributed by atoms with Crippen LogP contribution in [0.15, 0.2) is 12.7 Å². The molecular weight excluding hydrogens is 174 g/mol. The molecule has 0 spiro atoms. The quantitative estimate of drug-likeness (QED) is 0.655. The molecule has 1 aromatic heterocycles. The van der Waals surface area contributed by atoms with E-state index in [9.17, 15) is 0 Å². The normalized spacial score (nSPS) is 10.4. The summed E-state index contributed by atoms with van der Waals surface area (Å²) in [5.74, 6) is 2.08. The number of rotatable bonds is 6. The maximum Gasteiger partial charge on any atom is 0.119 e. The number of hydrogen-bond acceptors (Lipinski definition) is 4. The first-order chi connectivity index (χ1) is 5.93. The average molecular weight is 187 g/mol. The van der Waals surface area contributed by atoms with Gasteiger partial charge in [-0.15, -0.1) is 10.2 Å². The molecule has 0 saturated carbocycles. The number of aromatic nitrogens is 3. The molecule has 4 nitrogen and oxygen atoms in total. The van der Waals surface area contributed by atoms with Crippen molar-refractivity contribution in [3.63, 3.8) is 0 Å². The van der Waals surface area contributed by atoms with Gasteiger partial charge in [0.15, 0.2) is 0 Å². The highest BCUT2D eigenvalue weighted by Crippen LogP contribution is 2.02. The Morgan fingerprint density at radius 3 is 2.67 bits per heavy atom. The van der Waals surface area contributed by atoms with Gasteiger partial charge >= 0.3 is 0 Å². The molecule has 0 fully saturated rings. The second-order valence-electron chi connectivity index (χ2n) is 2.39. The summed E-state index contributed by atoms with van der Waals surface area (Å²) in [7, 11) is 0. The molecule has 0 atom stereocenters. The van der Waals surface area contributed by atoms with Crippen LogP contribution in [0.5, 0.6) is 0 Å². The van der Waals surface area contributed by atoms with Gasteiger partial charge in [-0.25, -0.2) is 0 Å². The van der Waals surface area contributed by atoms with Crippen LogP contribution in [0.4, 0.5) is 0 Å². The standard InChI is InChI=1S/C7H13N3OS/c11-3-1-4-12-5-2-10-6-8-9-7-10/h6-7,11H,1-5H2. The molecule has 5 heteroatoms. The molecule has 0 radical (unpaired) electrons. The van der Waals surface area contributed by atoms with Gasteiger partial charge in [0.25, 0.3) is 0 Å². The molecule has 0 unspecified atom stereocenters. The number of aryl methyl sites for hydroxylation is 1. The van der Waals surface area contributed by atoms with Crippen molar-refractivity contribution in [2.45, 2.75) is 13.0 Å². The van der Waals surface area contributed by atoms with Gasteiger partial charge in [-0.3, -0.25) is 0 Å². The van der Waals surface area contributed by atoms with Crippen molar-refractivity contribution in [3.8, 4) is 0 Å². The molecule has 0 aliphatic rings. The SMILES string of the molecule is OCCCSCCn1cnnc1. The smallest absolute Gasteiger partial charge is 0.119 e. The number of hydrogen-bond donors (Lipinski definition) is 1. The maximum absolute atomic E-state index is 8.51. The van der Waals surface area contributed by atoms with Gasteiger partial charge in [-0.2, -0.15) is 11.8 Å². The van der Waals surface area contributed by atoms with Crippen LogP contribution < -0.4 is 0 Å². The van der Waals surface area contributed by atoms with E-state index < -0.39 is 0 Å². The summed E-state index contributed by atoms with van der Waals surface area (Å²) < 4.78 is 1.95. The van der Waals surface area contributed by atoms with Gasteiger partial charge in [-0.05, 0) is 12.2 Å². The van der Waals surface area contributed by atoms with E-state index in [0.29, 0.717) is 6.61 Å². The lowest BCUT2D eigenvalue weighted by molar-refractivity contribution is 0.296. The van der Waals surface area contributed by atoms with E-state index in [0.717, 1.165) is 24.5 Å². The summed E-state index contributed by atoms with van der Waals surface area (Å²) in [5.41, 5.74) is 0. The van der Waals surface area contributed by atoms with Crippen molar-refractivity contribution in [3.05, 3.63) is 12.7 Å². The third-order valence-corrected chi connectivity index (χ3v) is 2.46. The first kappa shape index (κ1) is 9.54. The first-order valence-electron chi connectivity index (χ1n) is 3.94. The monoisotopic (exact) mass is 187 g/mol. The second kappa shape index (κ2) is 6.02. The predicted molar refractivity (Wildman–Crippen MR) is 49.0 cm³/mol. The zero-order valence-electron chi connectivity index (χ0n) is 6.89. The molecule has 0 saturated heterocycles. The summed E-state index contributed by atoms with van der Waals surface area (Å²) in [6.07, 6.45) is 4.31. The Bertz CT molecular complexity index is 191. The highest BCUT2D eigenvalue weighted by molar-refractivity contribution is 7.99. The highest BCUT2D eigenvalue weighted by Gasteiger charge is 1.91. The number of aliphatic hydroxyl groups is 1. The molecule has 0 aromatic carbocycles. The van der Waals surface area contributed by atoms with Gasteiger partial charge in [0, 0.05) is 18.9 Å². The van der Waals surface area contributed by atoms with Crippen molar-refractivity contribution < 1.29 is 5.11 Å². The van der Waals surface area contributed by atoms with E-state index in [-0.39, 0.29) is 0 Å². The predicted octanol–water partition coefficient (Wildman–Crippen LogP) is 0.394. The van der Waals surface area contributed by atoms with Gasteiger partial charge in [0.1, 0.15) is 12.7 Å². The Morgan fingerprint density at radius 1 is 1.25 bits per heavy atom. The van der Waals surface area contributed by atoms with Crippen LogP contribution in [0.3, 0.4) is 0 Å². The Labute approximate surface area is 76.0 Å². The summed E-state index contributed by atoms with van der Waals surface area (Å²) in [6, 6.07) is 0. The van der Waals surface area contributed by atoms with Crippen molar-refractivity contribution >= 4 is 11.8 Å². The fraction of sp³-hybridized carbons (Fsp3) is 0.714. The van der Waals surface area contributed by atoms with Crippen molar-refractivity contribution in [1.82, 2.24) is 14.8 Å². The van der Waals surface area contributed by atoms with E-state index in [1.807, 2.05) is 16.3 Å². The average Bonchev–Trinajstić information content (AvgIpc) is 2.57. The highest BCUT2D eigenvalue weighted by atomic mass is 32.2. The Kier molecular flexibility index (Phi) is 4.79. The molecule has 12 heavy (non-hydrogen) atoms. The van der Waals surface area contributed by atoms with Gasteiger partial charge < -0.3 is 9.67 Å². The van der Waals surface area contributed by atoms with E-state index in [4.69, 9.17) is 5.11 Å². The zero-order chi connectivity index (χ0) is 8.65. The third-order valence-electron chi connectivity index (χ3n) is 1.41. The van der Waals surface area contributed by atoms with Crippen LogP contribution in [-0.4, -0.2) is 38.0 Å². The largest absolute Gasteiger partial charge is 0.396 e. The lowest BCUT2D eigenvalue weighted by Gasteiger charge is -1.99. The van der Waals surface area contributed by atoms with E-state index in [1.54, 1.807) is 12.7 Å². The molecule has 0 aliphatic heterocycles. The van der Waals surface area contributed by atoms with Crippen LogP contribution in [0.2, 0.25) is 0 Å². The number of thioether (sulfide) groups is 1. The molecule has 0 aliphatic carbocycles. The van der Waals surface area contributed by atoms with Crippen molar-refractivity contribution in [2.75, 3.05) is 18.1 Å². The van der Waals surface area contributed by atoms with Crippen LogP contribution in [0.25, 0.3) is 0 Å². The molecule has 68 valence electrons. The number of nitrogens with zero attached hydrogens (tertiary/aromatic N) is 3. The van der Waals surface area contributed by atoms with Crippen molar-refractivity contribution in [2.24, 2.45) is 0 Å². The fourth-order valence-corrected chi connectivity index (χ4v) is 1.65. The summed E-state index contributed by atoms with van der Waals surface area (Å²) in [4.78, 5) is 0. The minimum absolute atomic E-state index is 0.291. The van der Waals surface area contributed by atoms with Crippen LogP contribution in [0.1, 0.15) is 6.42 Å². The zero-order valence-corrected chi connectivity index (χ0v) is 7.70. The molecule has 1 rings (SSSR count). The van der Waals surface area contributed by atoms with Crippen LogP contribution >= 0.6 is 11.8 Å². The van der Waals surface area contributed by atoms with E-state index in [2.05, 4.69) is 10.2 Å². The molecular formula is C7H13N3OS. The fourth-order valence-electron chi connectivity index (χ4n) is 0.776. The molecule has 1 aromatic rings. The topological polar surface area (TPSA) is 50.9 Å². The van der Waals surface area contributed by atoms with E-state index in [1.165, 1.54) is 0 Å². The lowest BCUT2D eigenvalue weighted by Crippen LogP contribution is -1.98. The Balaban J connectivity index is 1.96. The Hall–Kier alpha value is -0.550. The molecule has 0 amide bonds.